The van der Waals surface area contributed by atoms with Crippen LogP contribution in [-0.4, -0.2) is 28.8 Å². The average Bonchev–Trinajstić information content (AvgIpc) is 3.09. The van der Waals surface area contributed by atoms with Crippen molar-refractivity contribution >= 4 is 23.4 Å². The first-order chi connectivity index (χ1) is 11.2. The van der Waals surface area contributed by atoms with E-state index in [0.29, 0.717) is 10.5 Å². The van der Waals surface area contributed by atoms with E-state index in [-0.39, 0.29) is 11.6 Å². The maximum absolute atomic E-state index is 12.7. The van der Waals surface area contributed by atoms with Crippen molar-refractivity contribution < 1.29 is 9.72 Å². The molecule has 0 aromatic heterocycles. The summed E-state index contributed by atoms with van der Waals surface area (Å²) in [5.41, 5.74) is 0.665. The SMILES string of the molecule is O=C(c1ccccc1Sc1ccccc1[N+](=O)[O-])N1CCCC1. The van der Waals surface area contributed by atoms with Gasteiger partial charge < -0.3 is 4.90 Å². The van der Waals surface area contributed by atoms with Crippen LogP contribution in [0.25, 0.3) is 0 Å². The minimum absolute atomic E-state index is 0.00387. The molecule has 23 heavy (non-hydrogen) atoms. The summed E-state index contributed by atoms with van der Waals surface area (Å²) in [6.45, 7) is 1.56. The number of likely N-dealkylation sites (tertiary alicyclic amines) is 1. The van der Waals surface area contributed by atoms with Crippen molar-refractivity contribution in [1.29, 1.82) is 0 Å². The van der Waals surface area contributed by atoms with Gasteiger partial charge in [0.25, 0.3) is 11.6 Å². The summed E-state index contributed by atoms with van der Waals surface area (Å²) in [4.78, 5) is 26.6. The van der Waals surface area contributed by atoms with E-state index in [1.807, 2.05) is 23.1 Å². The third kappa shape index (κ3) is 3.37. The van der Waals surface area contributed by atoms with Gasteiger partial charge in [0, 0.05) is 24.1 Å². The van der Waals surface area contributed by atoms with E-state index < -0.39 is 4.92 Å². The minimum atomic E-state index is -0.396. The molecule has 1 aliphatic heterocycles. The Morgan fingerprint density at radius 2 is 1.61 bits per heavy atom. The molecular weight excluding hydrogens is 312 g/mol. The number of nitro benzene ring substituents is 1. The number of nitrogens with zero attached hydrogens (tertiary/aromatic N) is 2. The first-order valence-electron chi connectivity index (χ1n) is 7.46. The molecule has 0 radical (unpaired) electrons. The Bertz CT molecular complexity index is 742. The number of carbonyl (C=O) groups excluding carboxylic acids is 1. The minimum Gasteiger partial charge on any atom is -0.339 e. The maximum atomic E-state index is 12.7. The normalized spacial score (nSPS) is 14.0. The second kappa shape index (κ2) is 6.83. The van der Waals surface area contributed by atoms with Crippen LogP contribution in [0.4, 0.5) is 5.69 Å². The largest absolute Gasteiger partial charge is 0.339 e. The summed E-state index contributed by atoms with van der Waals surface area (Å²) in [6.07, 6.45) is 2.07. The lowest BCUT2D eigenvalue weighted by Gasteiger charge is -2.17. The van der Waals surface area contributed by atoms with Crippen LogP contribution in [0, 0.1) is 10.1 Å². The molecule has 0 atom stereocenters. The highest BCUT2D eigenvalue weighted by atomic mass is 32.2. The molecule has 1 aliphatic rings. The number of hydrogen-bond acceptors (Lipinski definition) is 4. The third-order valence-corrected chi connectivity index (χ3v) is 4.93. The number of hydrogen-bond donors (Lipinski definition) is 0. The Balaban J connectivity index is 1.92. The summed E-state index contributed by atoms with van der Waals surface area (Å²) < 4.78 is 0. The van der Waals surface area contributed by atoms with Gasteiger partial charge in [0.2, 0.25) is 0 Å². The number of carbonyl (C=O) groups is 1. The molecule has 1 fully saturated rings. The predicted octanol–water partition coefficient (Wildman–Crippen LogP) is 3.98. The number of amides is 1. The zero-order valence-electron chi connectivity index (χ0n) is 12.5. The van der Waals surface area contributed by atoms with Gasteiger partial charge in [0.15, 0.2) is 0 Å². The van der Waals surface area contributed by atoms with Gasteiger partial charge >= 0.3 is 0 Å². The molecule has 0 unspecified atom stereocenters. The lowest BCUT2D eigenvalue weighted by molar-refractivity contribution is -0.387. The highest BCUT2D eigenvalue weighted by Gasteiger charge is 2.23. The lowest BCUT2D eigenvalue weighted by Crippen LogP contribution is -2.27. The van der Waals surface area contributed by atoms with Gasteiger partial charge in [-0.05, 0) is 31.0 Å². The van der Waals surface area contributed by atoms with Gasteiger partial charge in [0.1, 0.15) is 0 Å². The summed E-state index contributed by atoms with van der Waals surface area (Å²) in [7, 11) is 0. The lowest BCUT2D eigenvalue weighted by atomic mass is 10.2. The van der Waals surface area contributed by atoms with Gasteiger partial charge in [0.05, 0.1) is 15.4 Å². The quantitative estimate of drug-likeness (QED) is 0.629. The molecule has 3 rings (SSSR count). The van der Waals surface area contributed by atoms with E-state index in [4.69, 9.17) is 0 Å². The van der Waals surface area contributed by atoms with Gasteiger partial charge in [-0.1, -0.05) is 36.0 Å². The monoisotopic (exact) mass is 328 g/mol. The van der Waals surface area contributed by atoms with Crippen LogP contribution < -0.4 is 0 Å². The van der Waals surface area contributed by atoms with E-state index in [9.17, 15) is 14.9 Å². The molecule has 118 valence electrons. The van der Waals surface area contributed by atoms with Crippen LogP contribution in [0.1, 0.15) is 23.2 Å². The summed E-state index contributed by atoms with van der Waals surface area (Å²) in [6, 6.07) is 13.9. The van der Waals surface area contributed by atoms with Gasteiger partial charge in [-0.25, -0.2) is 0 Å². The van der Waals surface area contributed by atoms with Gasteiger partial charge in [-0.15, -0.1) is 0 Å². The Labute approximate surface area is 138 Å². The second-order valence-corrected chi connectivity index (χ2v) is 6.41. The third-order valence-electron chi connectivity index (χ3n) is 3.79. The Morgan fingerprint density at radius 1 is 1.00 bits per heavy atom. The maximum Gasteiger partial charge on any atom is 0.283 e. The molecule has 6 heteroatoms. The molecule has 2 aromatic rings. The number of benzene rings is 2. The first-order valence-corrected chi connectivity index (χ1v) is 8.28. The summed E-state index contributed by atoms with van der Waals surface area (Å²) >= 11 is 1.27. The van der Waals surface area contributed by atoms with Crippen molar-refractivity contribution in [3.8, 4) is 0 Å². The Kier molecular flexibility index (Phi) is 4.62. The predicted molar refractivity (Wildman–Crippen MR) is 88.8 cm³/mol. The first kappa shape index (κ1) is 15.6. The fourth-order valence-electron chi connectivity index (χ4n) is 2.64. The molecule has 0 spiro atoms. The molecule has 0 aliphatic carbocycles. The van der Waals surface area contributed by atoms with E-state index in [1.165, 1.54) is 17.8 Å². The number of rotatable bonds is 4. The van der Waals surface area contributed by atoms with E-state index in [2.05, 4.69) is 0 Å². The molecular formula is C17H16N2O3S. The van der Waals surface area contributed by atoms with Crippen molar-refractivity contribution in [3.63, 3.8) is 0 Å². The fraction of sp³-hybridized carbons (Fsp3) is 0.235. The van der Waals surface area contributed by atoms with Crippen LogP contribution in [0.15, 0.2) is 58.3 Å². The highest BCUT2D eigenvalue weighted by Crippen LogP contribution is 2.36. The molecule has 1 amide bonds. The van der Waals surface area contributed by atoms with E-state index in [1.54, 1.807) is 24.3 Å². The van der Waals surface area contributed by atoms with Crippen molar-refractivity contribution in [2.75, 3.05) is 13.1 Å². The Morgan fingerprint density at radius 3 is 2.30 bits per heavy atom. The molecule has 1 heterocycles. The van der Waals surface area contributed by atoms with E-state index in [0.717, 1.165) is 30.8 Å². The molecule has 0 bridgehead atoms. The summed E-state index contributed by atoms with van der Waals surface area (Å²) in [5, 5.41) is 11.2. The molecule has 1 saturated heterocycles. The molecule has 2 aromatic carbocycles. The second-order valence-electron chi connectivity index (χ2n) is 5.32. The van der Waals surface area contributed by atoms with Crippen LogP contribution in [0.2, 0.25) is 0 Å². The number of para-hydroxylation sites is 1. The van der Waals surface area contributed by atoms with Crippen LogP contribution in [0.3, 0.4) is 0 Å². The smallest absolute Gasteiger partial charge is 0.283 e. The van der Waals surface area contributed by atoms with Crippen molar-refractivity contribution in [2.45, 2.75) is 22.6 Å². The van der Waals surface area contributed by atoms with Gasteiger partial charge in [-0.3, -0.25) is 14.9 Å². The molecule has 0 N–H and O–H groups in total. The van der Waals surface area contributed by atoms with Crippen LogP contribution in [-0.2, 0) is 0 Å². The zero-order chi connectivity index (χ0) is 16.2. The van der Waals surface area contributed by atoms with Gasteiger partial charge in [-0.2, -0.15) is 0 Å². The summed E-state index contributed by atoms with van der Waals surface area (Å²) in [5.74, 6) is 0.00387. The highest BCUT2D eigenvalue weighted by molar-refractivity contribution is 7.99. The Hall–Kier alpha value is -2.34. The molecule has 0 saturated carbocycles. The fourth-order valence-corrected chi connectivity index (χ4v) is 3.68. The van der Waals surface area contributed by atoms with Crippen molar-refractivity contribution in [1.82, 2.24) is 4.90 Å². The van der Waals surface area contributed by atoms with Crippen molar-refractivity contribution in [2.24, 2.45) is 0 Å². The zero-order valence-corrected chi connectivity index (χ0v) is 13.3. The molecule has 5 nitrogen and oxygen atoms in total. The van der Waals surface area contributed by atoms with Crippen LogP contribution >= 0.6 is 11.8 Å². The topological polar surface area (TPSA) is 63.4 Å². The van der Waals surface area contributed by atoms with E-state index >= 15 is 0 Å². The van der Waals surface area contributed by atoms with Crippen LogP contribution in [0.5, 0.6) is 0 Å². The average molecular weight is 328 g/mol. The van der Waals surface area contributed by atoms with Crippen molar-refractivity contribution in [3.05, 3.63) is 64.2 Å². The standard InChI is InChI=1S/C17H16N2O3S/c20-17(18-11-5-6-12-18)13-7-1-3-9-15(13)23-16-10-4-2-8-14(16)19(21)22/h1-4,7-10H,5-6,11-12H2. The number of nitro groups is 1.